The van der Waals surface area contributed by atoms with Crippen LogP contribution in [-0.2, 0) is 11.2 Å². The molecule has 18 heavy (non-hydrogen) atoms. The molecule has 100 valence electrons. The smallest absolute Gasteiger partial charge is 0.234 e. The maximum absolute atomic E-state index is 11.8. The Kier molecular flexibility index (Phi) is 6.44. The second-order valence-electron chi connectivity index (χ2n) is 4.62. The number of rotatable bonds is 7. The summed E-state index contributed by atoms with van der Waals surface area (Å²) >= 11 is 0. The molecule has 0 fully saturated rings. The van der Waals surface area contributed by atoms with Crippen molar-refractivity contribution >= 4 is 5.91 Å². The van der Waals surface area contributed by atoms with Gasteiger partial charge in [-0.1, -0.05) is 44.2 Å². The molecule has 0 aliphatic carbocycles. The van der Waals surface area contributed by atoms with Gasteiger partial charge in [0.2, 0.25) is 5.91 Å². The average Bonchev–Trinajstić information content (AvgIpc) is 2.36. The Morgan fingerprint density at radius 2 is 1.83 bits per heavy atom. The fourth-order valence-electron chi connectivity index (χ4n) is 1.99. The molecule has 0 aliphatic heterocycles. The molecule has 3 heteroatoms. The van der Waals surface area contributed by atoms with Crippen LogP contribution in [0.3, 0.4) is 0 Å². The van der Waals surface area contributed by atoms with E-state index in [0.717, 1.165) is 19.5 Å². The lowest BCUT2D eigenvalue weighted by molar-refractivity contribution is -0.122. The van der Waals surface area contributed by atoms with Crippen molar-refractivity contribution in [3.05, 3.63) is 35.9 Å². The van der Waals surface area contributed by atoms with E-state index in [1.54, 1.807) is 0 Å². The average molecular weight is 248 g/mol. The Morgan fingerprint density at radius 1 is 1.22 bits per heavy atom. The van der Waals surface area contributed by atoms with Crippen LogP contribution in [0.1, 0.15) is 26.3 Å². The maximum atomic E-state index is 11.8. The van der Waals surface area contributed by atoms with E-state index < -0.39 is 0 Å². The van der Waals surface area contributed by atoms with Gasteiger partial charge < -0.3 is 5.32 Å². The summed E-state index contributed by atoms with van der Waals surface area (Å²) < 4.78 is 0. The Hall–Kier alpha value is -1.35. The Labute approximate surface area is 110 Å². The van der Waals surface area contributed by atoms with Gasteiger partial charge in [-0.05, 0) is 32.0 Å². The fourth-order valence-corrected chi connectivity index (χ4v) is 1.99. The minimum Gasteiger partial charge on any atom is -0.352 e. The van der Waals surface area contributed by atoms with Crippen LogP contribution in [0, 0.1) is 0 Å². The van der Waals surface area contributed by atoms with E-state index in [1.165, 1.54) is 5.56 Å². The second kappa shape index (κ2) is 7.88. The van der Waals surface area contributed by atoms with Gasteiger partial charge >= 0.3 is 0 Å². The van der Waals surface area contributed by atoms with Gasteiger partial charge in [-0.25, -0.2) is 0 Å². The lowest BCUT2D eigenvalue weighted by Gasteiger charge is -2.20. The SMILES string of the molecule is CCN(CC)CC(=O)N[C@@H](C)Cc1ccccc1. The van der Waals surface area contributed by atoms with Crippen molar-refractivity contribution < 1.29 is 4.79 Å². The number of benzene rings is 1. The van der Waals surface area contributed by atoms with Crippen LogP contribution in [0.5, 0.6) is 0 Å². The lowest BCUT2D eigenvalue weighted by Crippen LogP contribution is -2.41. The zero-order valence-electron chi connectivity index (χ0n) is 11.6. The molecular weight excluding hydrogens is 224 g/mol. The summed E-state index contributed by atoms with van der Waals surface area (Å²) in [6.07, 6.45) is 0.880. The monoisotopic (exact) mass is 248 g/mol. The first kappa shape index (κ1) is 14.7. The highest BCUT2D eigenvalue weighted by Crippen LogP contribution is 2.02. The number of likely N-dealkylation sites (N-methyl/N-ethyl adjacent to an activating group) is 1. The summed E-state index contributed by atoms with van der Waals surface area (Å²) in [6.45, 7) is 8.52. The van der Waals surface area contributed by atoms with Crippen LogP contribution >= 0.6 is 0 Å². The predicted octanol–water partition coefficient (Wildman–Crippen LogP) is 2.08. The summed E-state index contributed by atoms with van der Waals surface area (Å²) in [5, 5.41) is 3.05. The molecule has 1 amide bonds. The molecule has 0 heterocycles. The minimum absolute atomic E-state index is 0.113. The van der Waals surface area contributed by atoms with Crippen LogP contribution in [0.2, 0.25) is 0 Å². The van der Waals surface area contributed by atoms with Gasteiger partial charge in [-0.15, -0.1) is 0 Å². The molecule has 0 bridgehead atoms. The Morgan fingerprint density at radius 3 is 2.39 bits per heavy atom. The van der Waals surface area contributed by atoms with Crippen molar-refractivity contribution in [2.75, 3.05) is 19.6 Å². The maximum Gasteiger partial charge on any atom is 0.234 e. The zero-order valence-corrected chi connectivity index (χ0v) is 11.6. The first-order valence-corrected chi connectivity index (χ1v) is 6.71. The number of nitrogens with zero attached hydrogens (tertiary/aromatic N) is 1. The van der Waals surface area contributed by atoms with E-state index in [0.29, 0.717) is 6.54 Å². The quantitative estimate of drug-likeness (QED) is 0.801. The van der Waals surface area contributed by atoms with Crippen molar-refractivity contribution in [2.45, 2.75) is 33.2 Å². The van der Waals surface area contributed by atoms with Gasteiger partial charge in [0.15, 0.2) is 0 Å². The Bertz CT molecular complexity index is 347. The summed E-state index contributed by atoms with van der Waals surface area (Å²) in [5.74, 6) is 0.113. The highest BCUT2D eigenvalue weighted by atomic mass is 16.2. The van der Waals surface area contributed by atoms with Gasteiger partial charge in [0.1, 0.15) is 0 Å². The highest BCUT2D eigenvalue weighted by molar-refractivity contribution is 5.78. The van der Waals surface area contributed by atoms with Crippen molar-refractivity contribution in [1.29, 1.82) is 0 Å². The van der Waals surface area contributed by atoms with E-state index in [-0.39, 0.29) is 11.9 Å². The molecule has 0 radical (unpaired) electrons. The fraction of sp³-hybridized carbons (Fsp3) is 0.533. The summed E-state index contributed by atoms with van der Waals surface area (Å²) in [4.78, 5) is 13.9. The molecular formula is C15H24N2O. The van der Waals surface area contributed by atoms with E-state index in [2.05, 4.69) is 36.2 Å². The van der Waals surface area contributed by atoms with E-state index in [4.69, 9.17) is 0 Å². The molecule has 0 saturated carbocycles. The van der Waals surface area contributed by atoms with E-state index >= 15 is 0 Å². The van der Waals surface area contributed by atoms with Crippen molar-refractivity contribution in [3.63, 3.8) is 0 Å². The largest absolute Gasteiger partial charge is 0.352 e. The number of carbonyl (C=O) groups is 1. The lowest BCUT2D eigenvalue weighted by atomic mass is 10.1. The van der Waals surface area contributed by atoms with Gasteiger partial charge in [0, 0.05) is 6.04 Å². The first-order valence-electron chi connectivity index (χ1n) is 6.71. The van der Waals surface area contributed by atoms with Crippen LogP contribution in [-0.4, -0.2) is 36.5 Å². The van der Waals surface area contributed by atoms with Crippen LogP contribution in [0.15, 0.2) is 30.3 Å². The molecule has 0 saturated heterocycles. The predicted molar refractivity (Wildman–Crippen MR) is 75.5 cm³/mol. The van der Waals surface area contributed by atoms with Crippen LogP contribution in [0.25, 0.3) is 0 Å². The van der Waals surface area contributed by atoms with Crippen molar-refractivity contribution in [2.24, 2.45) is 0 Å². The molecule has 3 nitrogen and oxygen atoms in total. The first-order chi connectivity index (χ1) is 8.65. The van der Waals surface area contributed by atoms with Gasteiger partial charge in [-0.2, -0.15) is 0 Å². The molecule has 1 aromatic carbocycles. The summed E-state index contributed by atoms with van der Waals surface area (Å²) in [7, 11) is 0. The van der Waals surface area contributed by atoms with Gasteiger partial charge in [-0.3, -0.25) is 9.69 Å². The topological polar surface area (TPSA) is 32.3 Å². The van der Waals surface area contributed by atoms with Gasteiger partial charge in [0.05, 0.1) is 6.54 Å². The normalized spacial score (nSPS) is 12.4. The second-order valence-corrected chi connectivity index (χ2v) is 4.62. The highest BCUT2D eigenvalue weighted by Gasteiger charge is 2.10. The summed E-state index contributed by atoms with van der Waals surface area (Å²) in [5.41, 5.74) is 1.26. The van der Waals surface area contributed by atoms with Crippen LogP contribution < -0.4 is 5.32 Å². The molecule has 0 unspecified atom stereocenters. The van der Waals surface area contributed by atoms with E-state index in [9.17, 15) is 4.79 Å². The number of carbonyl (C=O) groups excluding carboxylic acids is 1. The van der Waals surface area contributed by atoms with Crippen LogP contribution in [0.4, 0.5) is 0 Å². The number of hydrogen-bond acceptors (Lipinski definition) is 2. The van der Waals surface area contributed by atoms with Gasteiger partial charge in [0.25, 0.3) is 0 Å². The molecule has 0 aromatic heterocycles. The molecule has 1 rings (SSSR count). The molecule has 0 aliphatic rings. The minimum atomic E-state index is 0.113. The number of nitrogens with one attached hydrogen (secondary N) is 1. The molecule has 0 spiro atoms. The third kappa shape index (κ3) is 5.32. The zero-order chi connectivity index (χ0) is 13.4. The van der Waals surface area contributed by atoms with Crippen molar-refractivity contribution in [3.8, 4) is 0 Å². The van der Waals surface area contributed by atoms with Crippen molar-refractivity contribution in [1.82, 2.24) is 10.2 Å². The molecule has 1 N–H and O–H groups in total. The molecule has 1 aromatic rings. The third-order valence-electron chi connectivity index (χ3n) is 3.05. The standard InChI is InChI=1S/C15H24N2O/c1-4-17(5-2)12-15(18)16-13(3)11-14-9-7-6-8-10-14/h6-10,13H,4-5,11-12H2,1-3H3,(H,16,18)/t13-/m0/s1. The number of hydrogen-bond donors (Lipinski definition) is 1. The summed E-state index contributed by atoms with van der Waals surface area (Å²) in [6, 6.07) is 10.4. The van der Waals surface area contributed by atoms with E-state index in [1.807, 2.05) is 25.1 Å². The Balaban J connectivity index is 2.36. The number of amides is 1. The third-order valence-corrected chi connectivity index (χ3v) is 3.05. The molecule has 1 atom stereocenters.